The highest BCUT2D eigenvalue weighted by atomic mass is 16.5. The van der Waals surface area contributed by atoms with Crippen molar-refractivity contribution < 1.29 is 19.4 Å². The number of aliphatic hydroxyl groups is 1. The predicted octanol–water partition coefficient (Wildman–Crippen LogP) is 1.16. The molecule has 0 aliphatic rings. The Hall–Kier alpha value is -2.01. The first kappa shape index (κ1) is 14.1. The average Bonchev–Trinajstić information content (AvgIpc) is 2.31. The van der Waals surface area contributed by atoms with Gasteiger partial charge in [-0.2, -0.15) is 0 Å². The van der Waals surface area contributed by atoms with Crippen molar-refractivity contribution in [2.45, 2.75) is 20.0 Å². The maximum atomic E-state index is 11.8. The van der Waals surface area contributed by atoms with Gasteiger partial charge in [-0.25, -0.2) is 4.79 Å². The number of Topliss-reactive ketones (excluding diaryl/α,β-unsaturated/α-hetero) is 1. The number of aliphatic imine (C=N–C) groups is 1. The lowest BCUT2D eigenvalue weighted by Crippen LogP contribution is -2.23. The van der Waals surface area contributed by atoms with Gasteiger partial charge in [0.2, 0.25) is 0 Å². The summed E-state index contributed by atoms with van der Waals surface area (Å²) in [6, 6.07) is 4.84. The summed E-state index contributed by atoms with van der Waals surface area (Å²) in [5.74, 6) is -0.971. The minimum atomic E-state index is -1.24. The van der Waals surface area contributed by atoms with Gasteiger partial charge in [0.25, 0.3) is 0 Å². The summed E-state index contributed by atoms with van der Waals surface area (Å²) in [4.78, 5) is 26.6. The van der Waals surface area contributed by atoms with Crippen molar-refractivity contribution in [1.29, 1.82) is 0 Å². The van der Waals surface area contributed by atoms with E-state index in [-0.39, 0.29) is 23.6 Å². The quantitative estimate of drug-likeness (QED) is 0.368. The maximum Gasteiger partial charge on any atom is 0.340 e. The van der Waals surface area contributed by atoms with Crippen LogP contribution in [-0.2, 0) is 4.79 Å². The SMILES string of the molecule is C=NCC(=O)c1cc(C)ccc1OC(=O)C(C)O. The van der Waals surface area contributed by atoms with Gasteiger partial charge < -0.3 is 9.84 Å². The van der Waals surface area contributed by atoms with Gasteiger partial charge >= 0.3 is 5.97 Å². The van der Waals surface area contributed by atoms with E-state index in [9.17, 15) is 9.59 Å². The molecular formula is C13H15NO4. The number of aryl methyl sites for hydroxylation is 1. The van der Waals surface area contributed by atoms with Gasteiger partial charge in [0, 0.05) is 0 Å². The summed E-state index contributed by atoms with van der Waals surface area (Å²) < 4.78 is 4.96. The lowest BCUT2D eigenvalue weighted by molar-refractivity contribution is -0.142. The first-order valence-corrected chi connectivity index (χ1v) is 5.41. The number of ether oxygens (including phenoxy) is 1. The molecule has 0 amide bonds. The van der Waals surface area contributed by atoms with Crippen LogP contribution in [0, 0.1) is 6.92 Å². The number of benzene rings is 1. The molecule has 0 heterocycles. The van der Waals surface area contributed by atoms with E-state index in [0.717, 1.165) is 5.56 Å². The molecule has 1 atom stereocenters. The van der Waals surface area contributed by atoms with Crippen LogP contribution >= 0.6 is 0 Å². The molecule has 0 bridgehead atoms. The Labute approximate surface area is 105 Å². The Bertz CT molecular complexity index is 480. The van der Waals surface area contributed by atoms with Crippen LogP contribution in [0.3, 0.4) is 0 Å². The van der Waals surface area contributed by atoms with E-state index in [1.165, 1.54) is 13.0 Å². The highest BCUT2D eigenvalue weighted by Gasteiger charge is 2.17. The predicted molar refractivity (Wildman–Crippen MR) is 67.2 cm³/mol. The Morgan fingerprint density at radius 2 is 2.17 bits per heavy atom. The summed E-state index contributed by atoms with van der Waals surface area (Å²) in [6.45, 7) is 6.28. The van der Waals surface area contributed by atoms with Gasteiger partial charge in [-0.05, 0) is 32.7 Å². The number of aliphatic hydroxyl groups excluding tert-OH is 1. The molecule has 1 unspecified atom stereocenters. The monoisotopic (exact) mass is 249 g/mol. The largest absolute Gasteiger partial charge is 0.424 e. The van der Waals surface area contributed by atoms with Crippen molar-refractivity contribution in [3.63, 3.8) is 0 Å². The molecule has 1 N–H and O–H groups in total. The van der Waals surface area contributed by atoms with E-state index in [1.807, 2.05) is 6.92 Å². The number of rotatable bonds is 5. The molecule has 0 aliphatic heterocycles. The lowest BCUT2D eigenvalue weighted by Gasteiger charge is -2.10. The van der Waals surface area contributed by atoms with E-state index in [1.54, 1.807) is 12.1 Å². The summed E-state index contributed by atoms with van der Waals surface area (Å²) in [5, 5.41) is 9.08. The van der Waals surface area contributed by atoms with Gasteiger partial charge in [-0.3, -0.25) is 9.79 Å². The fourth-order valence-electron chi connectivity index (χ4n) is 1.33. The Kier molecular flexibility index (Phi) is 4.74. The van der Waals surface area contributed by atoms with Gasteiger partial charge in [-0.1, -0.05) is 11.6 Å². The van der Waals surface area contributed by atoms with Crippen LogP contribution in [-0.4, -0.2) is 36.2 Å². The number of esters is 1. The first-order chi connectivity index (χ1) is 8.45. The average molecular weight is 249 g/mol. The standard InChI is InChI=1S/C13H15NO4/c1-8-4-5-12(18-13(17)9(2)15)10(6-8)11(16)7-14-3/h4-6,9,15H,3,7H2,1-2H3. The van der Waals surface area contributed by atoms with Gasteiger partial charge in [-0.15, -0.1) is 0 Å². The molecule has 0 saturated carbocycles. The number of carbonyl (C=O) groups excluding carboxylic acids is 2. The molecule has 5 heteroatoms. The van der Waals surface area contributed by atoms with Crippen LogP contribution in [0.25, 0.3) is 0 Å². The smallest absolute Gasteiger partial charge is 0.340 e. The van der Waals surface area contributed by atoms with Gasteiger partial charge in [0.1, 0.15) is 18.4 Å². The minimum Gasteiger partial charge on any atom is -0.424 e. The lowest BCUT2D eigenvalue weighted by atomic mass is 10.1. The van der Waals surface area contributed by atoms with Crippen LogP contribution in [0.5, 0.6) is 5.75 Å². The molecule has 18 heavy (non-hydrogen) atoms. The van der Waals surface area contributed by atoms with Crippen molar-refractivity contribution in [3.8, 4) is 5.75 Å². The molecule has 0 aromatic heterocycles. The number of nitrogens with zero attached hydrogens (tertiary/aromatic N) is 1. The van der Waals surface area contributed by atoms with Crippen LogP contribution in [0.2, 0.25) is 0 Å². The third-order valence-electron chi connectivity index (χ3n) is 2.24. The second-order valence-corrected chi connectivity index (χ2v) is 3.90. The van der Waals surface area contributed by atoms with E-state index >= 15 is 0 Å². The van der Waals surface area contributed by atoms with E-state index < -0.39 is 12.1 Å². The van der Waals surface area contributed by atoms with Crippen LogP contribution in [0.4, 0.5) is 0 Å². The summed E-state index contributed by atoms with van der Waals surface area (Å²) in [7, 11) is 0. The highest BCUT2D eigenvalue weighted by Crippen LogP contribution is 2.21. The van der Waals surface area contributed by atoms with Gasteiger partial charge in [0.05, 0.1) is 5.56 Å². The molecular weight excluding hydrogens is 234 g/mol. The highest BCUT2D eigenvalue weighted by molar-refractivity contribution is 6.01. The molecule has 1 rings (SSSR count). The van der Waals surface area contributed by atoms with E-state index in [0.29, 0.717) is 0 Å². The Morgan fingerprint density at radius 1 is 1.50 bits per heavy atom. The topological polar surface area (TPSA) is 76.0 Å². The molecule has 0 spiro atoms. The van der Waals surface area contributed by atoms with Crippen molar-refractivity contribution in [2.24, 2.45) is 4.99 Å². The first-order valence-electron chi connectivity index (χ1n) is 5.41. The molecule has 0 radical (unpaired) electrons. The molecule has 1 aromatic carbocycles. The van der Waals surface area contributed by atoms with Gasteiger partial charge in [0.15, 0.2) is 5.78 Å². The molecule has 96 valence electrons. The van der Waals surface area contributed by atoms with E-state index in [2.05, 4.69) is 11.7 Å². The Morgan fingerprint density at radius 3 is 2.72 bits per heavy atom. The number of hydrogen-bond acceptors (Lipinski definition) is 5. The zero-order valence-corrected chi connectivity index (χ0v) is 10.3. The fraction of sp³-hybridized carbons (Fsp3) is 0.308. The molecule has 5 nitrogen and oxygen atoms in total. The normalized spacial score (nSPS) is 11.7. The third-order valence-corrected chi connectivity index (χ3v) is 2.24. The second kappa shape index (κ2) is 6.07. The number of ketones is 1. The van der Waals surface area contributed by atoms with Crippen molar-refractivity contribution in [2.75, 3.05) is 6.54 Å². The molecule has 0 aliphatic carbocycles. The van der Waals surface area contributed by atoms with Crippen LogP contribution < -0.4 is 4.74 Å². The second-order valence-electron chi connectivity index (χ2n) is 3.90. The van der Waals surface area contributed by atoms with E-state index in [4.69, 9.17) is 9.84 Å². The molecule has 0 saturated heterocycles. The minimum absolute atomic E-state index is 0.0807. The fourth-order valence-corrected chi connectivity index (χ4v) is 1.33. The zero-order valence-electron chi connectivity index (χ0n) is 10.3. The maximum absolute atomic E-state index is 11.8. The van der Waals surface area contributed by atoms with Crippen molar-refractivity contribution >= 4 is 18.5 Å². The summed E-state index contributed by atoms with van der Waals surface area (Å²) >= 11 is 0. The Balaban J connectivity index is 3.07. The summed E-state index contributed by atoms with van der Waals surface area (Å²) in [5.41, 5.74) is 1.12. The van der Waals surface area contributed by atoms with Crippen LogP contribution in [0.1, 0.15) is 22.8 Å². The zero-order chi connectivity index (χ0) is 13.7. The van der Waals surface area contributed by atoms with Crippen LogP contribution in [0.15, 0.2) is 23.2 Å². The van der Waals surface area contributed by atoms with Crippen molar-refractivity contribution in [3.05, 3.63) is 29.3 Å². The number of carbonyl (C=O) groups is 2. The number of hydrogen-bond donors (Lipinski definition) is 1. The molecule has 0 fully saturated rings. The van der Waals surface area contributed by atoms with Crippen molar-refractivity contribution in [1.82, 2.24) is 0 Å². The third kappa shape index (κ3) is 3.49. The summed E-state index contributed by atoms with van der Waals surface area (Å²) in [6.07, 6.45) is -1.24. The molecule has 1 aromatic rings.